The SMILES string of the molecule is COc1ccc(C(Br)(C=O)c2ccc(S(N)(=O)=O)cc2)cc1F. The molecule has 0 aliphatic carbocycles. The fourth-order valence-electron chi connectivity index (χ4n) is 2.08. The zero-order chi connectivity index (χ0) is 17.3. The van der Waals surface area contributed by atoms with E-state index in [0.717, 1.165) is 0 Å². The smallest absolute Gasteiger partial charge is 0.238 e. The quantitative estimate of drug-likeness (QED) is 0.615. The van der Waals surface area contributed by atoms with E-state index in [4.69, 9.17) is 9.88 Å². The summed E-state index contributed by atoms with van der Waals surface area (Å²) in [6.07, 6.45) is 0.597. The second-order valence-corrected chi connectivity index (χ2v) is 7.56. The lowest BCUT2D eigenvalue weighted by atomic mass is 9.92. The maximum Gasteiger partial charge on any atom is 0.238 e. The molecule has 1 atom stereocenters. The minimum Gasteiger partial charge on any atom is -0.494 e. The molecule has 8 heteroatoms. The van der Waals surface area contributed by atoms with Gasteiger partial charge in [0.2, 0.25) is 10.0 Å². The molecule has 0 bridgehead atoms. The van der Waals surface area contributed by atoms with Gasteiger partial charge in [-0.25, -0.2) is 17.9 Å². The molecule has 0 fully saturated rings. The Bertz CT molecular complexity index is 839. The van der Waals surface area contributed by atoms with Crippen LogP contribution in [0.2, 0.25) is 0 Å². The fraction of sp³-hybridized carbons (Fsp3) is 0.133. The fourth-order valence-corrected chi connectivity index (χ4v) is 3.11. The summed E-state index contributed by atoms with van der Waals surface area (Å²) in [5.74, 6) is -0.559. The van der Waals surface area contributed by atoms with E-state index in [1.807, 2.05) is 0 Å². The molecule has 0 saturated carbocycles. The number of rotatable bonds is 5. The third kappa shape index (κ3) is 3.44. The molecule has 23 heavy (non-hydrogen) atoms. The van der Waals surface area contributed by atoms with Gasteiger partial charge in [0, 0.05) is 0 Å². The summed E-state index contributed by atoms with van der Waals surface area (Å²) in [4.78, 5) is 11.6. The Hall–Kier alpha value is -1.77. The van der Waals surface area contributed by atoms with Gasteiger partial charge in [0.05, 0.1) is 12.0 Å². The van der Waals surface area contributed by atoms with Gasteiger partial charge < -0.3 is 9.53 Å². The summed E-state index contributed by atoms with van der Waals surface area (Å²) in [7, 11) is -2.49. The molecule has 0 saturated heterocycles. The Morgan fingerprint density at radius 1 is 1.17 bits per heavy atom. The first kappa shape index (κ1) is 17.6. The number of alkyl halides is 1. The van der Waals surface area contributed by atoms with Gasteiger partial charge in [-0.3, -0.25) is 0 Å². The Kier molecular flexibility index (Phi) is 4.88. The van der Waals surface area contributed by atoms with Crippen LogP contribution in [0.4, 0.5) is 4.39 Å². The lowest BCUT2D eigenvalue weighted by molar-refractivity contribution is -0.109. The molecule has 0 aromatic heterocycles. The maximum atomic E-state index is 13.9. The number of halogens is 2. The van der Waals surface area contributed by atoms with Gasteiger partial charge >= 0.3 is 0 Å². The number of primary sulfonamides is 1. The molecule has 2 aromatic carbocycles. The largest absolute Gasteiger partial charge is 0.494 e. The maximum absolute atomic E-state index is 13.9. The average molecular weight is 402 g/mol. The van der Waals surface area contributed by atoms with Gasteiger partial charge in [0.25, 0.3) is 0 Å². The zero-order valence-corrected chi connectivity index (χ0v) is 14.4. The number of nitrogens with two attached hydrogens (primary N) is 1. The summed E-state index contributed by atoms with van der Waals surface area (Å²) < 4.78 is 40.0. The highest BCUT2D eigenvalue weighted by molar-refractivity contribution is 9.10. The van der Waals surface area contributed by atoms with Crippen molar-refractivity contribution in [2.24, 2.45) is 5.14 Å². The third-order valence-corrected chi connectivity index (χ3v) is 5.37. The molecule has 2 N–H and O–H groups in total. The van der Waals surface area contributed by atoms with Crippen molar-refractivity contribution in [1.29, 1.82) is 0 Å². The number of carbonyl (C=O) groups is 1. The predicted octanol–water partition coefficient (Wildman–Crippen LogP) is 2.32. The molecule has 1 unspecified atom stereocenters. The topological polar surface area (TPSA) is 86.5 Å². The summed E-state index contributed by atoms with van der Waals surface area (Å²) in [5.41, 5.74) is 0.777. The van der Waals surface area contributed by atoms with Crippen molar-refractivity contribution in [3.8, 4) is 5.75 Å². The Balaban J connectivity index is 2.52. The van der Waals surface area contributed by atoms with Crippen LogP contribution in [-0.4, -0.2) is 21.8 Å². The molecule has 0 aliphatic heterocycles. The van der Waals surface area contributed by atoms with Crippen LogP contribution in [0.3, 0.4) is 0 Å². The molecule has 0 radical (unpaired) electrons. The van der Waals surface area contributed by atoms with E-state index >= 15 is 0 Å². The van der Waals surface area contributed by atoms with Crippen LogP contribution < -0.4 is 9.88 Å². The van der Waals surface area contributed by atoms with Gasteiger partial charge in [-0.1, -0.05) is 34.1 Å². The number of hydrogen-bond acceptors (Lipinski definition) is 4. The van der Waals surface area contributed by atoms with Crippen molar-refractivity contribution in [3.05, 3.63) is 59.4 Å². The molecule has 5 nitrogen and oxygen atoms in total. The van der Waals surface area contributed by atoms with Crippen LogP contribution in [0.1, 0.15) is 11.1 Å². The first-order chi connectivity index (χ1) is 10.7. The number of methoxy groups -OCH3 is 1. The van der Waals surface area contributed by atoms with Crippen molar-refractivity contribution in [3.63, 3.8) is 0 Å². The van der Waals surface area contributed by atoms with Crippen LogP contribution in [0.25, 0.3) is 0 Å². The number of hydrogen-bond donors (Lipinski definition) is 1. The Morgan fingerprint density at radius 3 is 2.17 bits per heavy atom. The number of carbonyl (C=O) groups excluding carboxylic acids is 1. The van der Waals surface area contributed by atoms with E-state index in [1.165, 1.54) is 43.5 Å². The molecular weight excluding hydrogens is 389 g/mol. The average Bonchev–Trinajstić information content (AvgIpc) is 2.53. The van der Waals surface area contributed by atoms with E-state index in [0.29, 0.717) is 17.4 Å². The van der Waals surface area contributed by atoms with Gasteiger partial charge in [-0.05, 0) is 35.4 Å². The minimum atomic E-state index is -3.83. The summed E-state index contributed by atoms with van der Waals surface area (Å²) in [6, 6.07) is 9.56. The lowest BCUT2D eigenvalue weighted by Crippen LogP contribution is -2.22. The van der Waals surface area contributed by atoms with Crippen molar-refractivity contribution < 1.29 is 22.3 Å². The van der Waals surface area contributed by atoms with Gasteiger partial charge in [0.1, 0.15) is 10.6 Å². The number of aldehydes is 1. The van der Waals surface area contributed by atoms with Crippen molar-refractivity contribution in [2.45, 2.75) is 9.22 Å². The summed E-state index contributed by atoms with van der Waals surface area (Å²) in [6.45, 7) is 0. The Morgan fingerprint density at radius 2 is 1.74 bits per heavy atom. The summed E-state index contributed by atoms with van der Waals surface area (Å²) in [5, 5.41) is 5.04. The summed E-state index contributed by atoms with van der Waals surface area (Å²) >= 11 is 3.30. The highest BCUT2D eigenvalue weighted by Gasteiger charge is 2.32. The zero-order valence-electron chi connectivity index (χ0n) is 12.0. The number of benzene rings is 2. The molecule has 2 aromatic rings. The molecule has 0 spiro atoms. The van der Waals surface area contributed by atoms with E-state index in [2.05, 4.69) is 15.9 Å². The minimum absolute atomic E-state index is 0.0547. The predicted molar refractivity (Wildman–Crippen MR) is 86.5 cm³/mol. The molecule has 2 rings (SSSR count). The van der Waals surface area contributed by atoms with Crippen molar-refractivity contribution in [1.82, 2.24) is 0 Å². The second-order valence-electron chi connectivity index (χ2n) is 4.75. The molecule has 0 heterocycles. The molecule has 0 amide bonds. The lowest BCUT2D eigenvalue weighted by Gasteiger charge is -2.23. The Labute approximate surface area is 141 Å². The normalized spacial score (nSPS) is 14.1. The van der Waals surface area contributed by atoms with Gasteiger partial charge in [-0.15, -0.1) is 0 Å². The van der Waals surface area contributed by atoms with E-state index in [-0.39, 0.29) is 10.6 Å². The monoisotopic (exact) mass is 401 g/mol. The van der Waals surface area contributed by atoms with Crippen LogP contribution in [0.5, 0.6) is 5.75 Å². The highest BCUT2D eigenvalue weighted by Crippen LogP contribution is 2.38. The van der Waals surface area contributed by atoms with Crippen LogP contribution in [0.15, 0.2) is 47.4 Å². The van der Waals surface area contributed by atoms with Crippen molar-refractivity contribution in [2.75, 3.05) is 7.11 Å². The first-order valence-corrected chi connectivity index (χ1v) is 8.69. The molecule has 122 valence electrons. The van der Waals surface area contributed by atoms with Gasteiger partial charge in [0.15, 0.2) is 11.6 Å². The van der Waals surface area contributed by atoms with Crippen LogP contribution in [-0.2, 0) is 19.1 Å². The number of ether oxygens (including phenoxy) is 1. The molecule has 0 aliphatic rings. The standard InChI is InChI=1S/C15H13BrFNO4S/c1-22-14-7-4-11(8-13(14)17)15(16,9-19)10-2-5-12(6-3-10)23(18,20)21/h2-9H,1H3,(H2,18,20,21). The van der Waals surface area contributed by atoms with Crippen LogP contribution in [0, 0.1) is 5.82 Å². The van der Waals surface area contributed by atoms with E-state index in [9.17, 15) is 17.6 Å². The third-order valence-electron chi connectivity index (χ3n) is 3.34. The van der Waals surface area contributed by atoms with Gasteiger partial charge in [-0.2, -0.15) is 0 Å². The second kappa shape index (κ2) is 6.38. The first-order valence-electron chi connectivity index (χ1n) is 6.35. The van der Waals surface area contributed by atoms with Crippen molar-refractivity contribution >= 4 is 32.2 Å². The molecular formula is C15H13BrFNO4S. The van der Waals surface area contributed by atoms with E-state index in [1.54, 1.807) is 6.07 Å². The van der Waals surface area contributed by atoms with E-state index < -0.39 is 20.2 Å². The highest BCUT2D eigenvalue weighted by atomic mass is 79.9. The number of sulfonamides is 1. The van der Waals surface area contributed by atoms with Crippen LogP contribution >= 0.6 is 15.9 Å².